The van der Waals surface area contributed by atoms with E-state index in [-0.39, 0.29) is 24.0 Å². The standard InChI is InChI=1S/C23H23ClFN3O3/c1-16-18(15-30-21-9-5-3-7-19(21)24)22(26-31-16)23(29)28-12-10-27(11-13-28)14-17-6-2-4-8-20(17)25/h2-9H,10-15H2,1H3. The number of carbonyl (C=O) groups is 1. The van der Waals surface area contributed by atoms with E-state index >= 15 is 0 Å². The number of hydrogen-bond acceptors (Lipinski definition) is 5. The van der Waals surface area contributed by atoms with Crippen molar-refractivity contribution >= 4 is 17.5 Å². The molecule has 4 rings (SSSR count). The second kappa shape index (κ2) is 9.49. The molecule has 1 fully saturated rings. The van der Waals surface area contributed by atoms with Crippen LogP contribution in [-0.2, 0) is 13.2 Å². The van der Waals surface area contributed by atoms with E-state index in [2.05, 4.69) is 10.1 Å². The van der Waals surface area contributed by atoms with Gasteiger partial charge in [-0.1, -0.05) is 47.1 Å². The number of ether oxygens (including phenoxy) is 1. The lowest BCUT2D eigenvalue weighted by molar-refractivity contribution is 0.0615. The van der Waals surface area contributed by atoms with E-state index in [0.717, 1.165) is 0 Å². The maximum atomic E-state index is 13.9. The predicted octanol–water partition coefficient (Wildman–Crippen LogP) is 4.31. The third kappa shape index (κ3) is 4.89. The molecule has 1 aliphatic heterocycles. The van der Waals surface area contributed by atoms with Crippen LogP contribution in [0.1, 0.15) is 27.4 Å². The number of piperazine rings is 1. The number of nitrogens with zero attached hydrogens (tertiary/aromatic N) is 3. The van der Waals surface area contributed by atoms with E-state index in [1.807, 2.05) is 18.2 Å². The van der Waals surface area contributed by atoms with Crippen molar-refractivity contribution in [2.24, 2.45) is 0 Å². The third-order valence-corrected chi connectivity index (χ3v) is 5.72. The van der Waals surface area contributed by atoms with Crippen LogP contribution in [0.3, 0.4) is 0 Å². The maximum Gasteiger partial charge on any atom is 0.276 e. The minimum absolute atomic E-state index is 0.132. The highest BCUT2D eigenvalue weighted by molar-refractivity contribution is 6.32. The Balaban J connectivity index is 1.38. The first-order valence-corrected chi connectivity index (χ1v) is 10.5. The molecule has 2 heterocycles. The minimum atomic E-state index is -0.206. The van der Waals surface area contributed by atoms with Crippen molar-refractivity contribution in [1.29, 1.82) is 0 Å². The summed E-state index contributed by atoms with van der Waals surface area (Å²) in [6.07, 6.45) is 0. The Hall–Kier alpha value is -2.90. The Morgan fingerprint density at radius 2 is 1.84 bits per heavy atom. The highest BCUT2D eigenvalue weighted by Gasteiger charge is 2.28. The zero-order valence-electron chi connectivity index (χ0n) is 17.2. The van der Waals surface area contributed by atoms with E-state index in [4.69, 9.17) is 20.9 Å². The number of aryl methyl sites for hydroxylation is 1. The summed E-state index contributed by atoms with van der Waals surface area (Å²) in [5.74, 6) is 0.668. The molecule has 8 heteroatoms. The van der Waals surface area contributed by atoms with Crippen LogP contribution in [0.2, 0.25) is 5.02 Å². The fraction of sp³-hybridized carbons (Fsp3) is 0.304. The van der Waals surface area contributed by atoms with Crippen molar-refractivity contribution in [3.05, 3.63) is 82.0 Å². The van der Waals surface area contributed by atoms with Gasteiger partial charge in [0.05, 0.1) is 10.6 Å². The van der Waals surface area contributed by atoms with Gasteiger partial charge in [-0.05, 0) is 25.1 Å². The number of hydrogen-bond donors (Lipinski definition) is 0. The number of aromatic nitrogens is 1. The van der Waals surface area contributed by atoms with Gasteiger partial charge in [0, 0.05) is 38.3 Å². The normalized spacial score (nSPS) is 14.6. The molecule has 0 unspecified atom stereocenters. The van der Waals surface area contributed by atoms with E-state index in [0.29, 0.717) is 60.4 Å². The fourth-order valence-electron chi connectivity index (χ4n) is 3.57. The van der Waals surface area contributed by atoms with Gasteiger partial charge in [0.2, 0.25) is 0 Å². The molecule has 1 aromatic heterocycles. The van der Waals surface area contributed by atoms with Crippen LogP contribution in [0.5, 0.6) is 5.75 Å². The van der Waals surface area contributed by atoms with Gasteiger partial charge < -0.3 is 14.2 Å². The summed E-state index contributed by atoms with van der Waals surface area (Å²) < 4.78 is 25.0. The van der Waals surface area contributed by atoms with Gasteiger partial charge in [-0.3, -0.25) is 9.69 Å². The molecule has 1 saturated heterocycles. The highest BCUT2D eigenvalue weighted by Crippen LogP contribution is 2.26. The van der Waals surface area contributed by atoms with Crippen molar-refractivity contribution in [2.45, 2.75) is 20.1 Å². The molecule has 1 aliphatic rings. The molecule has 6 nitrogen and oxygen atoms in total. The summed E-state index contributed by atoms with van der Waals surface area (Å²) in [5, 5.41) is 4.48. The number of benzene rings is 2. The van der Waals surface area contributed by atoms with Crippen molar-refractivity contribution in [1.82, 2.24) is 15.0 Å². The summed E-state index contributed by atoms with van der Waals surface area (Å²) in [6, 6.07) is 13.9. The SMILES string of the molecule is Cc1onc(C(=O)N2CCN(Cc3ccccc3F)CC2)c1COc1ccccc1Cl. The van der Waals surface area contributed by atoms with Crippen LogP contribution in [0.4, 0.5) is 4.39 Å². The van der Waals surface area contributed by atoms with Crippen molar-refractivity contribution in [3.63, 3.8) is 0 Å². The smallest absolute Gasteiger partial charge is 0.276 e. The number of carbonyl (C=O) groups excluding carboxylic acids is 1. The molecule has 31 heavy (non-hydrogen) atoms. The van der Waals surface area contributed by atoms with Crippen LogP contribution < -0.4 is 4.74 Å². The molecule has 0 spiro atoms. The topological polar surface area (TPSA) is 58.8 Å². The second-order valence-electron chi connectivity index (χ2n) is 7.44. The minimum Gasteiger partial charge on any atom is -0.487 e. The molecule has 0 radical (unpaired) electrons. The van der Waals surface area contributed by atoms with Crippen LogP contribution in [0, 0.1) is 12.7 Å². The van der Waals surface area contributed by atoms with E-state index < -0.39 is 0 Å². The van der Waals surface area contributed by atoms with Crippen LogP contribution in [0.25, 0.3) is 0 Å². The molecule has 162 valence electrons. The lowest BCUT2D eigenvalue weighted by Gasteiger charge is -2.34. The molecule has 0 atom stereocenters. The summed E-state index contributed by atoms with van der Waals surface area (Å²) >= 11 is 6.14. The Morgan fingerprint density at radius 3 is 2.58 bits per heavy atom. The average molecular weight is 444 g/mol. The van der Waals surface area contributed by atoms with Gasteiger partial charge in [0.25, 0.3) is 5.91 Å². The first-order chi connectivity index (χ1) is 15.0. The molecule has 0 bridgehead atoms. The summed E-state index contributed by atoms with van der Waals surface area (Å²) in [5.41, 5.74) is 1.53. The Kier molecular flexibility index (Phi) is 6.53. The van der Waals surface area contributed by atoms with Crippen LogP contribution >= 0.6 is 11.6 Å². The lowest BCUT2D eigenvalue weighted by Crippen LogP contribution is -2.48. The monoisotopic (exact) mass is 443 g/mol. The van der Waals surface area contributed by atoms with Gasteiger partial charge in [-0.2, -0.15) is 0 Å². The van der Waals surface area contributed by atoms with Crippen molar-refractivity contribution in [2.75, 3.05) is 26.2 Å². The molecule has 3 aromatic rings. The molecule has 2 aromatic carbocycles. The number of amides is 1. The highest BCUT2D eigenvalue weighted by atomic mass is 35.5. The van der Waals surface area contributed by atoms with Gasteiger partial charge in [0.1, 0.15) is 23.9 Å². The van der Waals surface area contributed by atoms with Gasteiger partial charge in [-0.15, -0.1) is 0 Å². The molecule has 0 saturated carbocycles. The molecular weight excluding hydrogens is 421 g/mol. The van der Waals surface area contributed by atoms with E-state index in [9.17, 15) is 9.18 Å². The number of para-hydroxylation sites is 1. The summed E-state index contributed by atoms with van der Waals surface area (Å²) in [4.78, 5) is 17.0. The number of halogens is 2. The molecular formula is C23H23ClFN3O3. The zero-order valence-corrected chi connectivity index (χ0v) is 17.9. The van der Waals surface area contributed by atoms with E-state index in [1.165, 1.54) is 6.07 Å². The second-order valence-corrected chi connectivity index (χ2v) is 7.85. The Morgan fingerprint density at radius 1 is 1.13 bits per heavy atom. The Labute approximate surface area is 185 Å². The average Bonchev–Trinajstić information content (AvgIpc) is 3.15. The largest absolute Gasteiger partial charge is 0.487 e. The Bertz CT molecular complexity index is 1060. The quantitative estimate of drug-likeness (QED) is 0.568. The first kappa shape index (κ1) is 21.3. The fourth-order valence-corrected chi connectivity index (χ4v) is 3.76. The molecule has 0 N–H and O–H groups in total. The maximum absolute atomic E-state index is 13.9. The lowest BCUT2D eigenvalue weighted by atomic mass is 10.1. The predicted molar refractivity (Wildman–Crippen MR) is 115 cm³/mol. The summed E-state index contributed by atoms with van der Waals surface area (Å²) in [7, 11) is 0. The third-order valence-electron chi connectivity index (χ3n) is 5.41. The zero-order chi connectivity index (χ0) is 21.8. The van der Waals surface area contributed by atoms with Gasteiger partial charge in [-0.25, -0.2) is 4.39 Å². The van der Waals surface area contributed by atoms with Gasteiger partial charge >= 0.3 is 0 Å². The van der Waals surface area contributed by atoms with Crippen molar-refractivity contribution in [3.8, 4) is 5.75 Å². The summed E-state index contributed by atoms with van der Waals surface area (Å²) in [6.45, 7) is 4.78. The van der Waals surface area contributed by atoms with E-state index in [1.54, 1.807) is 36.1 Å². The first-order valence-electron chi connectivity index (χ1n) is 10.1. The van der Waals surface area contributed by atoms with Gasteiger partial charge in [0.15, 0.2) is 5.69 Å². The van der Waals surface area contributed by atoms with Crippen molar-refractivity contribution < 1.29 is 18.4 Å². The van der Waals surface area contributed by atoms with Crippen LogP contribution in [0.15, 0.2) is 53.1 Å². The number of rotatable bonds is 6. The molecule has 0 aliphatic carbocycles. The molecule has 1 amide bonds. The van der Waals surface area contributed by atoms with Crippen LogP contribution in [-0.4, -0.2) is 47.0 Å².